The summed E-state index contributed by atoms with van der Waals surface area (Å²) in [6.45, 7) is 2.67. The Labute approximate surface area is 119 Å². The lowest BCUT2D eigenvalue weighted by atomic mass is 10.1. The van der Waals surface area contributed by atoms with Crippen LogP contribution in [0.4, 0.5) is 0 Å². The monoisotopic (exact) mass is 274 g/mol. The van der Waals surface area contributed by atoms with Crippen LogP contribution >= 0.6 is 0 Å². The number of rotatable bonds is 4. The van der Waals surface area contributed by atoms with E-state index in [0.717, 1.165) is 42.8 Å². The van der Waals surface area contributed by atoms with E-state index >= 15 is 0 Å². The average Bonchev–Trinajstić information content (AvgIpc) is 2.84. The van der Waals surface area contributed by atoms with E-state index in [0.29, 0.717) is 12.6 Å². The van der Waals surface area contributed by atoms with Gasteiger partial charge in [0.1, 0.15) is 11.9 Å². The molecule has 1 aromatic carbocycles. The first-order valence-corrected chi connectivity index (χ1v) is 7.29. The Balaban J connectivity index is 1.68. The van der Waals surface area contributed by atoms with Crippen LogP contribution in [0.5, 0.6) is 0 Å². The van der Waals surface area contributed by atoms with Gasteiger partial charge in [-0.05, 0) is 38.1 Å². The van der Waals surface area contributed by atoms with Gasteiger partial charge in [0, 0.05) is 19.6 Å². The van der Waals surface area contributed by atoms with E-state index in [2.05, 4.69) is 15.6 Å². The van der Waals surface area contributed by atoms with Gasteiger partial charge in [0.25, 0.3) is 0 Å². The van der Waals surface area contributed by atoms with Crippen molar-refractivity contribution in [1.82, 2.24) is 20.2 Å². The first-order valence-electron chi connectivity index (χ1n) is 7.29. The Morgan fingerprint density at radius 3 is 2.90 bits per heavy atom. The number of piperidine rings is 1. The number of imidazole rings is 1. The summed E-state index contributed by atoms with van der Waals surface area (Å²) in [5.74, 6) is 0.729. The van der Waals surface area contributed by atoms with Crippen LogP contribution in [0.25, 0.3) is 11.0 Å². The van der Waals surface area contributed by atoms with E-state index in [9.17, 15) is 5.11 Å². The van der Waals surface area contributed by atoms with Crippen molar-refractivity contribution in [2.24, 2.45) is 7.05 Å². The molecule has 0 saturated carbocycles. The van der Waals surface area contributed by atoms with E-state index in [4.69, 9.17) is 0 Å². The molecule has 1 atom stereocenters. The smallest absolute Gasteiger partial charge is 0.139 e. The molecule has 2 heterocycles. The molecule has 2 aromatic rings. The third kappa shape index (κ3) is 2.70. The van der Waals surface area contributed by atoms with Crippen molar-refractivity contribution in [3.8, 4) is 0 Å². The van der Waals surface area contributed by atoms with Crippen LogP contribution in [0.2, 0.25) is 0 Å². The van der Waals surface area contributed by atoms with Crippen LogP contribution in [0.15, 0.2) is 24.3 Å². The molecule has 0 amide bonds. The van der Waals surface area contributed by atoms with E-state index in [-0.39, 0.29) is 0 Å². The van der Waals surface area contributed by atoms with Crippen LogP contribution in [-0.2, 0) is 7.05 Å². The molecule has 0 radical (unpaired) electrons. The van der Waals surface area contributed by atoms with Gasteiger partial charge in [-0.15, -0.1) is 0 Å². The lowest BCUT2D eigenvalue weighted by molar-refractivity contribution is 0.154. The summed E-state index contributed by atoms with van der Waals surface area (Å²) in [4.78, 5) is 4.54. The first kappa shape index (κ1) is 13.5. The third-order valence-corrected chi connectivity index (χ3v) is 4.06. The zero-order chi connectivity index (χ0) is 13.9. The van der Waals surface area contributed by atoms with Crippen LogP contribution < -0.4 is 10.6 Å². The topological polar surface area (TPSA) is 62.1 Å². The molecule has 108 valence electrons. The van der Waals surface area contributed by atoms with Crippen molar-refractivity contribution < 1.29 is 5.11 Å². The maximum absolute atomic E-state index is 10.4. The van der Waals surface area contributed by atoms with Crippen molar-refractivity contribution in [2.75, 3.05) is 19.6 Å². The van der Waals surface area contributed by atoms with Crippen molar-refractivity contribution in [1.29, 1.82) is 0 Å². The lowest BCUT2D eigenvalue weighted by Gasteiger charge is -2.24. The maximum atomic E-state index is 10.4. The number of aryl methyl sites for hydroxylation is 1. The van der Waals surface area contributed by atoms with Gasteiger partial charge < -0.3 is 20.3 Å². The minimum Gasteiger partial charge on any atom is -0.384 e. The quantitative estimate of drug-likeness (QED) is 0.777. The normalized spacial score (nSPS) is 18.5. The molecule has 1 saturated heterocycles. The van der Waals surface area contributed by atoms with Crippen LogP contribution in [0.3, 0.4) is 0 Å². The molecule has 0 spiro atoms. The minimum atomic E-state index is -0.567. The second-order valence-corrected chi connectivity index (χ2v) is 5.47. The molecular formula is C15H22N4O. The number of aromatic nitrogens is 2. The standard InChI is InChI=1S/C15H22N4O/c1-19-13-5-3-2-4-12(13)18-15(19)14(20)10-17-11-6-8-16-9-7-11/h2-5,11,14,16-17,20H,6-10H2,1H3. The Bertz CT molecular complexity index is 574. The number of aliphatic hydroxyl groups is 1. The molecule has 3 N–H and O–H groups in total. The number of benzene rings is 1. The highest BCUT2D eigenvalue weighted by Crippen LogP contribution is 2.19. The Hall–Kier alpha value is -1.43. The summed E-state index contributed by atoms with van der Waals surface area (Å²) >= 11 is 0. The number of nitrogens with one attached hydrogen (secondary N) is 2. The third-order valence-electron chi connectivity index (χ3n) is 4.06. The van der Waals surface area contributed by atoms with Gasteiger partial charge in [0.05, 0.1) is 11.0 Å². The molecular weight excluding hydrogens is 252 g/mol. The summed E-state index contributed by atoms with van der Waals surface area (Å²) in [5.41, 5.74) is 1.99. The molecule has 5 nitrogen and oxygen atoms in total. The predicted molar refractivity (Wildman–Crippen MR) is 79.6 cm³/mol. The van der Waals surface area contributed by atoms with Crippen LogP contribution in [0.1, 0.15) is 24.8 Å². The highest BCUT2D eigenvalue weighted by Gasteiger charge is 2.18. The number of fused-ring (bicyclic) bond motifs is 1. The van der Waals surface area contributed by atoms with Gasteiger partial charge in [-0.1, -0.05) is 12.1 Å². The van der Waals surface area contributed by atoms with Crippen LogP contribution in [0, 0.1) is 0 Å². The molecule has 20 heavy (non-hydrogen) atoms. The summed E-state index contributed by atoms with van der Waals surface area (Å²) in [5, 5.41) is 17.2. The summed E-state index contributed by atoms with van der Waals surface area (Å²) in [6, 6.07) is 8.47. The molecule has 1 fully saturated rings. The second kappa shape index (κ2) is 5.91. The van der Waals surface area contributed by atoms with E-state index in [1.54, 1.807) is 0 Å². The predicted octanol–water partition coefficient (Wildman–Crippen LogP) is 0.948. The van der Waals surface area contributed by atoms with Crippen molar-refractivity contribution >= 4 is 11.0 Å². The Morgan fingerprint density at radius 1 is 1.40 bits per heavy atom. The fraction of sp³-hybridized carbons (Fsp3) is 0.533. The summed E-state index contributed by atoms with van der Waals surface area (Å²) in [7, 11) is 1.96. The molecule has 1 aliphatic rings. The Morgan fingerprint density at radius 2 is 2.15 bits per heavy atom. The molecule has 1 aliphatic heterocycles. The van der Waals surface area contributed by atoms with Gasteiger partial charge >= 0.3 is 0 Å². The van der Waals surface area contributed by atoms with E-state index in [1.807, 2.05) is 35.9 Å². The lowest BCUT2D eigenvalue weighted by Crippen LogP contribution is -2.41. The van der Waals surface area contributed by atoms with E-state index in [1.165, 1.54) is 0 Å². The molecule has 1 unspecified atom stereocenters. The summed E-state index contributed by atoms with van der Waals surface area (Å²) < 4.78 is 1.98. The van der Waals surface area contributed by atoms with Gasteiger partial charge in [-0.3, -0.25) is 0 Å². The number of aliphatic hydroxyl groups excluding tert-OH is 1. The van der Waals surface area contributed by atoms with Crippen molar-refractivity contribution in [3.63, 3.8) is 0 Å². The van der Waals surface area contributed by atoms with E-state index < -0.39 is 6.10 Å². The first-order chi connectivity index (χ1) is 9.75. The zero-order valence-corrected chi connectivity index (χ0v) is 11.8. The fourth-order valence-corrected chi connectivity index (χ4v) is 2.86. The minimum absolute atomic E-state index is 0.501. The number of hydrogen-bond acceptors (Lipinski definition) is 4. The largest absolute Gasteiger partial charge is 0.384 e. The molecule has 3 rings (SSSR count). The maximum Gasteiger partial charge on any atom is 0.139 e. The number of nitrogens with zero attached hydrogens (tertiary/aromatic N) is 2. The highest BCUT2D eigenvalue weighted by atomic mass is 16.3. The highest BCUT2D eigenvalue weighted by molar-refractivity contribution is 5.75. The zero-order valence-electron chi connectivity index (χ0n) is 11.8. The van der Waals surface area contributed by atoms with Crippen molar-refractivity contribution in [3.05, 3.63) is 30.1 Å². The van der Waals surface area contributed by atoms with Gasteiger partial charge in [-0.2, -0.15) is 0 Å². The van der Waals surface area contributed by atoms with Crippen LogP contribution in [-0.4, -0.2) is 40.3 Å². The molecule has 0 aliphatic carbocycles. The Kier molecular flexibility index (Phi) is 4.00. The van der Waals surface area contributed by atoms with Gasteiger partial charge in [-0.25, -0.2) is 4.98 Å². The molecule has 0 bridgehead atoms. The average molecular weight is 274 g/mol. The molecule has 1 aromatic heterocycles. The fourth-order valence-electron chi connectivity index (χ4n) is 2.86. The second-order valence-electron chi connectivity index (χ2n) is 5.47. The van der Waals surface area contributed by atoms with Crippen molar-refractivity contribution in [2.45, 2.75) is 25.0 Å². The SMILES string of the molecule is Cn1c(C(O)CNC2CCNCC2)nc2ccccc21. The summed E-state index contributed by atoms with van der Waals surface area (Å²) in [6.07, 6.45) is 1.67. The van der Waals surface area contributed by atoms with Gasteiger partial charge in [0.2, 0.25) is 0 Å². The number of para-hydroxylation sites is 2. The van der Waals surface area contributed by atoms with Gasteiger partial charge in [0.15, 0.2) is 0 Å². The number of hydrogen-bond donors (Lipinski definition) is 3. The molecule has 5 heteroatoms.